The molecule has 1 aliphatic heterocycles. The van der Waals surface area contributed by atoms with Gasteiger partial charge in [-0.3, -0.25) is 14.4 Å². The predicted molar refractivity (Wildman–Crippen MR) is 132 cm³/mol. The topological polar surface area (TPSA) is 118 Å². The molecule has 3 aromatic carbocycles. The number of amides is 3. The Morgan fingerprint density at radius 3 is 2.63 bits per heavy atom. The van der Waals surface area contributed by atoms with E-state index in [2.05, 4.69) is 10.3 Å². The summed E-state index contributed by atoms with van der Waals surface area (Å²) in [6.07, 6.45) is 0. The largest absolute Gasteiger partial charge is 0.497 e. The quantitative estimate of drug-likeness (QED) is 0.386. The van der Waals surface area contributed by atoms with Crippen LogP contribution in [0.15, 0.2) is 72.8 Å². The van der Waals surface area contributed by atoms with Gasteiger partial charge in [0.1, 0.15) is 12.3 Å². The lowest BCUT2D eigenvalue weighted by Gasteiger charge is -2.26. The standard InChI is InChI=1S/C27H24N4O4/c1-35-17-8-6-7-16(13-17)25-24(20-11-4-5-12-21(20)30-25)26-18-9-2-3-10-19(18)27(34)31(26)15-23(33)29-14-22(28)32/h2-13,26,30H,14-15H2,1H3,(H2,28,32)(H,29,33)/t26-/m0/s1. The molecule has 0 aliphatic carbocycles. The number of fused-ring (bicyclic) bond motifs is 2. The number of ether oxygens (including phenoxy) is 1. The number of carbonyl (C=O) groups excluding carboxylic acids is 3. The van der Waals surface area contributed by atoms with Gasteiger partial charge in [-0.05, 0) is 29.8 Å². The minimum Gasteiger partial charge on any atom is -0.497 e. The second-order valence-electron chi connectivity index (χ2n) is 8.36. The summed E-state index contributed by atoms with van der Waals surface area (Å²) in [5.74, 6) is -0.653. The molecule has 0 fully saturated rings. The van der Waals surface area contributed by atoms with Gasteiger partial charge in [-0.15, -0.1) is 0 Å². The van der Waals surface area contributed by atoms with E-state index >= 15 is 0 Å². The van der Waals surface area contributed by atoms with Crippen molar-refractivity contribution in [1.29, 1.82) is 0 Å². The number of nitrogens with zero attached hydrogens (tertiary/aromatic N) is 1. The summed E-state index contributed by atoms with van der Waals surface area (Å²) < 4.78 is 5.44. The number of rotatable bonds is 7. The van der Waals surface area contributed by atoms with Gasteiger partial charge in [-0.25, -0.2) is 0 Å². The Bertz CT molecular complexity index is 1460. The minimum absolute atomic E-state index is 0.220. The van der Waals surface area contributed by atoms with E-state index in [9.17, 15) is 14.4 Å². The first-order valence-electron chi connectivity index (χ1n) is 11.2. The Morgan fingerprint density at radius 1 is 1.06 bits per heavy atom. The smallest absolute Gasteiger partial charge is 0.255 e. The summed E-state index contributed by atoms with van der Waals surface area (Å²) >= 11 is 0. The molecule has 4 N–H and O–H groups in total. The molecule has 0 bridgehead atoms. The lowest BCUT2D eigenvalue weighted by Crippen LogP contribution is -2.42. The number of aromatic amines is 1. The molecule has 0 unspecified atom stereocenters. The molecule has 0 spiro atoms. The van der Waals surface area contributed by atoms with E-state index in [4.69, 9.17) is 10.5 Å². The van der Waals surface area contributed by atoms with E-state index in [-0.39, 0.29) is 19.0 Å². The molecule has 5 rings (SSSR count). The van der Waals surface area contributed by atoms with Crippen molar-refractivity contribution in [3.63, 3.8) is 0 Å². The van der Waals surface area contributed by atoms with Crippen LogP contribution in [0.5, 0.6) is 5.75 Å². The first-order valence-corrected chi connectivity index (χ1v) is 11.2. The molecule has 1 aliphatic rings. The Balaban J connectivity index is 1.69. The molecular weight excluding hydrogens is 444 g/mol. The van der Waals surface area contributed by atoms with Crippen molar-refractivity contribution in [2.75, 3.05) is 20.2 Å². The predicted octanol–water partition coefficient (Wildman–Crippen LogP) is 2.99. The summed E-state index contributed by atoms with van der Waals surface area (Å²) in [7, 11) is 1.61. The zero-order valence-corrected chi connectivity index (χ0v) is 19.1. The summed E-state index contributed by atoms with van der Waals surface area (Å²) in [5, 5.41) is 3.44. The molecule has 1 aromatic heterocycles. The Labute approximate surface area is 201 Å². The van der Waals surface area contributed by atoms with Crippen LogP contribution in [0.1, 0.15) is 27.5 Å². The number of carbonyl (C=O) groups is 3. The van der Waals surface area contributed by atoms with E-state index in [0.29, 0.717) is 11.3 Å². The van der Waals surface area contributed by atoms with Gasteiger partial charge in [0.05, 0.1) is 25.4 Å². The number of nitrogens with one attached hydrogen (secondary N) is 2. The SMILES string of the molecule is COc1cccc(-c2[nH]c3ccccc3c2[C@@H]2c3ccccc3C(=O)N2CC(=O)NCC(N)=O)c1. The van der Waals surface area contributed by atoms with Gasteiger partial charge < -0.3 is 25.7 Å². The maximum atomic E-state index is 13.5. The number of aromatic nitrogens is 1. The fourth-order valence-electron chi connectivity index (χ4n) is 4.69. The summed E-state index contributed by atoms with van der Waals surface area (Å²) in [4.78, 5) is 42.4. The molecule has 35 heavy (non-hydrogen) atoms. The maximum absolute atomic E-state index is 13.5. The Morgan fingerprint density at radius 2 is 1.83 bits per heavy atom. The molecule has 2 heterocycles. The van der Waals surface area contributed by atoms with Gasteiger partial charge in [-0.2, -0.15) is 0 Å². The minimum atomic E-state index is -0.650. The first-order chi connectivity index (χ1) is 17.0. The van der Waals surface area contributed by atoms with Crippen LogP contribution in [0.3, 0.4) is 0 Å². The Kier molecular flexibility index (Phi) is 5.70. The highest BCUT2D eigenvalue weighted by atomic mass is 16.5. The number of hydrogen-bond acceptors (Lipinski definition) is 4. The van der Waals surface area contributed by atoms with Crippen LogP contribution in [-0.2, 0) is 9.59 Å². The third kappa shape index (κ3) is 3.99. The number of H-pyrrole nitrogens is 1. The fourth-order valence-corrected chi connectivity index (χ4v) is 4.69. The molecule has 0 saturated heterocycles. The van der Waals surface area contributed by atoms with Crippen LogP contribution in [0.4, 0.5) is 0 Å². The van der Waals surface area contributed by atoms with E-state index in [0.717, 1.165) is 33.3 Å². The van der Waals surface area contributed by atoms with Crippen molar-refractivity contribution in [3.8, 4) is 17.0 Å². The lowest BCUT2D eigenvalue weighted by atomic mass is 9.93. The molecule has 4 aromatic rings. The van der Waals surface area contributed by atoms with Crippen LogP contribution in [0.2, 0.25) is 0 Å². The average molecular weight is 469 g/mol. The van der Waals surface area contributed by atoms with Gasteiger partial charge in [0.2, 0.25) is 11.8 Å². The number of primary amides is 1. The molecule has 0 radical (unpaired) electrons. The highest BCUT2D eigenvalue weighted by molar-refractivity contribution is 6.03. The second-order valence-corrected chi connectivity index (χ2v) is 8.36. The molecule has 8 nitrogen and oxygen atoms in total. The van der Waals surface area contributed by atoms with E-state index in [1.54, 1.807) is 18.1 Å². The van der Waals surface area contributed by atoms with Crippen molar-refractivity contribution in [2.45, 2.75) is 6.04 Å². The summed E-state index contributed by atoms with van der Waals surface area (Å²) in [6.45, 7) is -0.511. The van der Waals surface area contributed by atoms with Gasteiger partial charge in [0.15, 0.2) is 0 Å². The zero-order valence-electron chi connectivity index (χ0n) is 19.1. The highest BCUT2D eigenvalue weighted by Gasteiger charge is 2.41. The lowest BCUT2D eigenvalue weighted by molar-refractivity contribution is -0.125. The van der Waals surface area contributed by atoms with Crippen molar-refractivity contribution in [2.24, 2.45) is 5.73 Å². The number of para-hydroxylation sites is 1. The average Bonchev–Trinajstić information content (AvgIpc) is 3.38. The van der Waals surface area contributed by atoms with Crippen LogP contribution in [0.25, 0.3) is 22.2 Å². The van der Waals surface area contributed by atoms with Gasteiger partial charge in [-0.1, -0.05) is 48.5 Å². The van der Waals surface area contributed by atoms with Crippen LogP contribution >= 0.6 is 0 Å². The molecule has 8 heteroatoms. The van der Waals surface area contributed by atoms with Crippen molar-refractivity contribution < 1.29 is 19.1 Å². The number of nitrogens with two attached hydrogens (primary N) is 1. The fraction of sp³-hybridized carbons (Fsp3) is 0.148. The van der Waals surface area contributed by atoms with Gasteiger partial charge in [0.25, 0.3) is 5.91 Å². The third-order valence-electron chi connectivity index (χ3n) is 6.21. The molecule has 1 atom stereocenters. The van der Waals surface area contributed by atoms with Crippen molar-refractivity contribution >= 4 is 28.6 Å². The number of benzene rings is 3. The van der Waals surface area contributed by atoms with E-state index < -0.39 is 17.9 Å². The molecule has 3 amide bonds. The number of methoxy groups -OCH3 is 1. The van der Waals surface area contributed by atoms with Crippen molar-refractivity contribution in [1.82, 2.24) is 15.2 Å². The Hall–Kier alpha value is -4.59. The third-order valence-corrected chi connectivity index (χ3v) is 6.21. The maximum Gasteiger partial charge on any atom is 0.255 e. The van der Waals surface area contributed by atoms with E-state index in [1.807, 2.05) is 66.7 Å². The van der Waals surface area contributed by atoms with Crippen LogP contribution in [-0.4, -0.2) is 47.8 Å². The number of hydrogen-bond donors (Lipinski definition) is 3. The van der Waals surface area contributed by atoms with Crippen LogP contribution in [0, 0.1) is 0 Å². The van der Waals surface area contributed by atoms with Gasteiger partial charge in [0, 0.05) is 27.6 Å². The molecule has 0 saturated carbocycles. The van der Waals surface area contributed by atoms with Crippen molar-refractivity contribution in [3.05, 3.63) is 89.5 Å². The molecular formula is C27H24N4O4. The highest BCUT2D eigenvalue weighted by Crippen LogP contribution is 2.45. The summed E-state index contributed by atoms with van der Waals surface area (Å²) in [5.41, 5.74) is 10.1. The monoisotopic (exact) mass is 468 g/mol. The summed E-state index contributed by atoms with van der Waals surface area (Å²) in [6, 6.07) is 22.4. The second kappa shape index (κ2) is 8.98. The van der Waals surface area contributed by atoms with E-state index in [1.165, 1.54) is 0 Å². The normalized spacial score (nSPS) is 14.7. The van der Waals surface area contributed by atoms with Gasteiger partial charge >= 0.3 is 0 Å². The first kappa shape index (κ1) is 22.2. The molecule has 176 valence electrons. The van der Waals surface area contributed by atoms with Crippen LogP contribution < -0.4 is 15.8 Å². The zero-order chi connectivity index (χ0) is 24.5.